The third-order valence-electron chi connectivity index (χ3n) is 4.72. The van der Waals surface area contributed by atoms with Gasteiger partial charge in [-0.05, 0) is 38.1 Å². The molecule has 2 rings (SSSR count). The summed E-state index contributed by atoms with van der Waals surface area (Å²) in [4.78, 5) is 18.0. The maximum absolute atomic E-state index is 12.6. The quantitative estimate of drug-likeness (QED) is 0.426. The molecule has 1 heterocycles. The van der Waals surface area contributed by atoms with Gasteiger partial charge in [0, 0.05) is 38.8 Å². The SMILES string of the molecule is CN=C(NCCNC(=O)c1ccc(C(F)(F)F)cc1)N1CCS(=O)(=O)C(C)(C)C1. The van der Waals surface area contributed by atoms with E-state index in [0.29, 0.717) is 25.6 Å². The summed E-state index contributed by atoms with van der Waals surface area (Å²) in [6.07, 6.45) is -4.45. The lowest BCUT2D eigenvalue weighted by Crippen LogP contribution is -2.57. The summed E-state index contributed by atoms with van der Waals surface area (Å²) >= 11 is 0. The molecule has 29 heavy (non-hydrogen) atoms. The number of alkyl halides is 3. The lowest BCUT2D eigenvalue weighted by molar-refractivity contribution is -0.137. The number of halogens is 3. The van der Waals surface area contributed by atoms with E-state index in [9.17, 15) is 26.4 Å². The summed E-state index contributed by atoms with van der Waals surface area (Å²) in [5.74, 6) is 0.0724. The van der Waals surface area contributed by atoms with Crippen molar-refractivity contribution in [3.8, 4) is 0 Å². The van der Waals surface area contributed by atoms with Crippen LogP contribution in [0.25, 0.3) is 0 Å². The Morgan fingerprint density at radius 1 is 1.17 bits per heavy atom. The largest absolute Gasteiger partial charge is 0.416 e. The molecule has 0 radical (unpaired) electrons. The third-order valence-corrected chi connectivity index (χ3v) is 7.26. The lowest BCUT2D eigenvalue weighted by Gasteiger charge is -2.39. The minimum atomic E-state index is -4.45. The molecule has 1 fully saturated rings. The van der Waals surface area contributed by atoms with E-state index in [4.69, 9.17) is 0 Å². The Kier molecular flexibility index (Phi) is 6.82. The van der Waals surface area contributed by atoms with Crippen molar-refractivity contribution >= 4 is 21.7 Å². The van der Waals surface area contributed by atoms with Crippen LogP contribution in [0.3, 0.4) is 0 Å². The molecule has 1 aliphatic heterocycles. The van der Waals surface area contributed by atoms with Crippen LogP contribution in [-0.4, -0.2) is 68.9 Å². The minimum absolute atomic E-state index is 0.0331. The number of hydrogen-bond donors (Lipinski definition) is 2. The van der Waals surface area contributed by atoms with Gasteiger partial charge >= 0.3 is 6.18 Å². The molecule has 1 amide bonds. The average molecular weight is 434 g/mol. The minimum Gasteiger partial charge on any atom is -0.354 e. The first-order valence-electron chi connectivity index (χ1n) is 9.01. The van der Waals surface area contributed by atoms with Crippen molar-refractivity contribution in [3.05, 3.63) is 35.4 Å². The van der Waals surface area contributed by atoms with Crippen LogP contribution in [0.1, 0.15) is 29.8 Å². The van der Waals surface area contributed by atoms with Crippen molar-refractivity contribution in [1.29, 1.82) is 0 Å². The van der Waals surface area contributed by atoms with Gasteiger partial charge in [0.05, 0.1) is 16.1 Å². The molecule has 2 N–H and O–H groups in total. The Balaban J connectivity index is 1.84. The van der Waals surface area contributed by atoms with Crippen LogP contribution in [0.5, 0.6) is 0 Å². The Morgan fingerprint density at radius 2 is 1.76 bits per heavy atom. The number of carbonyl (C=O) groups is 1. The summed E-state index contributed by atoms with van der Waals surface area (Å²) < 4.78 is 61.0. The summed E-state index contributed by atoms with van der Waals surface area (Å²) in [5, 5.41) is 5.67. The van der Waals surface area contributed by atoms with Crippen molar-refractivity contribution in [3.63, 3.8) is 0 Å². The van der Waals surface area contributed by atoms with Crippen LogP contribution >= 0.6 is 0 Å². The molecule has 1 saturated heterocycles. The second kappa shape index (κ2) is 8.60. The van der Waals surface area contributed by atoms with Gasteiger partial charge in [0.15, 0.2) is 15.8 Å². The number of carbonyl (C=O) groups excluding carboxylic acids is 1. The number of sulfone groups is 1. The average Bonchev–Trinajstić information content (AvgIpc) is 2.63. The zero-order valence-corrected chi connectivity index (χ0v) is 17.3. The van der Waals surface area contributed by atoms with Gasteiger partial charge in [-0.1, -0.05) is 0 Å². The number of nitrogens with one attached hydrogen (secondary N) is 2. The van der Waals surface area contributed by atoms with Gasteiger partial charge in [-0.25, -0.2) is 8.42 Å². The predicted octanol–water partition coefficient (Wildman–Crippen LogP) is 1.52. The van der Waals surface area contributed by atoms with E-state index in [0.717, 1.165) is 24.3 Å². The van der Waals surface area contributed by atoms with E-state index in [1.54, 1.807) is 20.9 Å². The maximum Gasteiger partial charge on any atom is 0.416 e. The van der Waals surface area contributed by atoms with E-state index in [1.807, 2.05) is 4.90 Å². The van der Waals surface area contributed by atoms with Gasteiger partial charge < -0.3 is 15.5 Å². The van der Waals surface area contributed by atoms with Gasteiger partial charge in [-0.15, -0.1) is 0 Å². The van der Waals surface area contributed by atoms with E-state index < -0.39 is 32.2 Å². The first-order chi connectivity index (χ1) is 13.4. The zero-order valence-electron chi connectivity index (χ0n) is 16.5. The van der Waals surface area contributed by atoms with Crippen LogP contribution in [-0.2, 0) is 16.0 Å². The van der Waals surface area contributed by atoms with Crippen LogP contribution in [0.15, 0.2) is 29.3 Å². The summed E-state index contributed by atoms with van der Waals surface area (Å²) in [6.45, 7) is 4.51. The van der Waals surface area contributed by atoms with Crippen molar-refractivity contribution < 1.29 is 26.4 Å². The fourth-order valence-corrected chi connectivity index (χ4v) is 4.29. The fourth-order valence-electron chi connectivity index (χ4n) is 2.92. The predicted molar refractivity (Wildman–Crippen MR) is 105 cm³/mol. The van der Waals surface area contributed by atoms with Crippen molar-refractivity contribution in [1.82, 2.24) is 15.5 Å². The fraction of sp³-hybridized carbons (Fsp3) is 0.556. The molecule has 0 aromatic heterocycles. The number of aliphatic imine (C=N–C) groups is 1. The Hall–Kier alpha value is -2.30. The molecule has 0 saturated carbocycles. The molecule has 11 heteroatoms. The molecule has 1 aromatic carbocycles. The first-order valence-corrected chi connectivity index (χ1v) is 10.7. The van der Waals surface area contributed by atoms with Crippen LogP contribution in [0.4, 0.5) is 13.2 Å². The third kappa shape index (κ3) is 5.62. The summed E-state index contributed by atoms with van der Waals surface area (Å²) in [5.41, 5.74) is -0.684. The molecule has 0 atom stereocenters. The zero-order chi connectivity index (χ0) is 21.9. The van der Waals surface area contributed by atoms with Gasteiger partial charge in [-0.2, -0.15) is 13.2 Å². The molecule has 1 aromatic rings. The van der Waals surface area contributed by atoms with E-state index in [1.165, 1.54) is 0 Å². The van der Waals surface area contributed by atoms with Crippen molar-refractivity contribution in [2.75, 3.05) is 39.0 Å². The number of benzene rings is 1. The molecular weight excluding hydrogens is 409 g/mol. The summed E-state index contributed by atoms with van der Waals surface area (Å²) in [7, 11) is -1.58. The Morgan fingerprint density at radius 3 is 2.28 bits per heavy atom. The number of nitrogens with zero attached hydrogens (tertiary/aromatic N) is 2. The molecule has 0 spiro atoms. The van der Waals surface area contributed by atoms with Crippen LogP contribution in [0.2, 0.25) is 0 Å². The Bertz CT molecular complexity index is 865. The maximum atomic E-state index is 12.6. The molecular formula is C18H25F3N4O3S. The number of amides is 1. The first kappa shape index (κ1) is 23.0. The molecule has 7 nitrogen and oxygen atoms in total. The highest BCUT2D eigenvalue weighted by atomic mass is 32.2. The van der Waals surface area contributed by atoms with Gasteiger partial charge in [0.25, 0.3) is 5.91 Å². The van der Waals surface area contributed by atoms with E-state index in [2.05, 4.69) is 15.6 Å². The smallest absolute Gasteiger partial charge is 0.354 e. The second-order valence-corrected chi connectivity index (χ2v) is 10.0. The van der Waals surface area contributed by atoms with Crippen molar-refractivity contribution in [2.24, 2.45) is 4.99 Å². The molecule has 162 valence electrons. The normalized spacial score (nSPS) is 19.0. The molecule has 1 aliphatic rings. The topological polar surface area (TPSA) is 90.9 Å². The van der Waals surface area contributed by atoms with Gasteiger partial charge in [0.2, 0.25) is 0 Å². The number of hydrogen-bond acceptors (Lipinski definition) is 4. The van der Waals surface area contributed by atoms with Gasteiger partial charge in [-0.3, -0.25) is 9.79 Å². The van der Waals surface area contributed by atoms with Crippen molar-refractivity contribution in [2.45, 2.75) is 24.8 Å². The number of rotatable bonds is 4. The highest BCUT2D eigenvalue weighted by Gasteiger charge is 2.40. The molecule has 0 aliphatic carbocycles. The monoisotopic (exact) mass is 434 g/mol. The van der Waals surface area contributed by atoms with Crippen LogP contribution in [0, 0.1) is 0 Å². The highest BCUT2D eigenvalue weighted by Crippen LogP contribution is 2.29. The van der Waals surface area contributed by atoms with Gasteiger partial charge in [0.1, 0.15) is 0 Å². The van der Waals surface area contributed by atoms with E-state index in [-0.39, 0.29) is 17.9 Å². The molecule has 0 bridgehead atoms. The standard InChI is InChI=1S/C18H25F3N4O3S/c1-17(2)12-25(10-11-29(17,27)28)16(22-3)24-9-8-23-15(26)13-4-6-14(7-5-13)18(19,20)21/h4-7H,8-12H2,1-3H3,(H,22,24)(H,23,26). The van der Waals surface area contributed by atoms with Crippen LogP contribution < -0.4 is 10.6 Å². The second-order valence-electron chi connectivity index (χ2n) is 7.31. The number of guanidine groups is 1. The summed E-state index contributed by atoms with van der Waals surface area (Å²) in [6, 6.07) is 3.98. The highest BCUT2D eigenvalue weighted by molar-refractivity contribution is 7.92. The lowest BCUT2D eigenvalue weighted by atomic mass is 10.1. The van der Waals surface area contributed by atoms with E-state index >= 15 is 0 Å². The molecule has 0 unspecified atom stereocenters. The Labute approximate surface area is 168 Å².